The first kappa shape index (κ1) is 22.0. The zero-order valence-corrected chi connectivity index (χ0v) is 16.5. The van der Waals surface area contributed by atoms with Gasteiger partial charge in [0.25, 0.3) is 0 Å². The number of aryl methyl sites for hydroxylation is 2. The van der Waals surface area contributed by atoms with Gasteiger partial charge in [0.1, 0.15) is 5.75 Å². The zero-order valence-electron chi connectivity index (χ0n) is 15.5. The number of benzene rings is 2. The molecule has 0 aliphatic carbocycles. The fourth-order valence-electron chi connectivity index (χ4n) is 2.68. The van der Waals surface area contributed by atoms with Crippen LogP contribution in [0.1, 0.15) is 54.7 Å². The number of hydrogen-bond acceptors (Lipinski definition) is 2. The third kappa shape index (κ3) is 5.72. The summed E-state index contributed by atoms with van der Waals surface area (Å²) < 4.78 is 5.58. The van der Waals surface area contributed by atoms with Crippen LogP contribution in [-0.4, -0.2) is 31.0 Å². The Labute approximate surface area is 165 Å². The summed E-state index contributed by atoms with van der Waals surface area (Å²) in [7, 11) is 0.141. The molecule has 0 radical (unpaired) electrons. The van der Waals surface area contributed by atoms with Crippen molar-refractivity contribution in [2.24, 2.45) is 0 Å². The topological polar surface area (TPSA) is 26.3 Å². The molecule has 0 saturated carbocycles. The fourth-order valence-corrected chi connectivity index (χ4v) is 3.75. The number of ether oxygens (including phenoxy) is 1. The molecule has 0 bridgehead atoms. The van der Waals surface area contributed by atoms with Crippen LogP contribution >= 0.6 is 8.58 Å². The van der Waals surface area contributed by atoms with Crippen LogP contribution in [0.5, 0.6) is 5.75 Å². The monoisotopic (exact) mass is 350 g/mol. The van der Waals surface area contributed by atoms with Crippen LogP contribution in [0.2, 0.25) is 0 Å². The molecule has 0 heterocycles. The van der Waals surface area contributed by atoms with Gasteiger partial charge in [-0.15, -0.1) is 0 Å². The normalized spacial score (nSPS) is 11.4. The van der Waals surface area contributed by atoms with Crippen LogP contribution < -0.4 is 10.0 Å². The molecule has 2 rings (SSSR count). The molecule has 2 nitrogen and oxygen atoms in total. The molecule has 1 unspecified atom stereocenters. The van der Waals surface area contributed by atoms with Crippen molar-refractivity contribution in [1.29, 1.82) is 0 Å². The molecule has 1 atom stereocenters. The van der Waals surface area contributed by atoms with E-state index in [1.165, 1.54) is 5.56 Å². The Morgan fingerprint density at radius 2 is 1.56 bits per heavy atom. The van der Waals surface area contributed by atoms with Crippen LogP contribution in [0, 0.1) is 13.8 Å². The van der Waals surface area contributed by atoms with Crippen LogP contribution in [-0.2, 0) is 5.41 Å². The minimum atomic E-state index is 0. The van der Waals surface area contributed by atoms with Gasteiger partial charge < -0.3 is 4.74 Å². The van der Waals surface area contributed by atoms with Crippen molar-refractivity contribution in [2.75, 3.05) is 6.61 Å². The number of carbonyl (C=O) groups is 1. The SMILES string of the molecule is CCOc1cc(C)c(PC(=O)c2ccc(C(C)(C)C)cc2)c(C)c1.[LiH]. The zero-order chi connectivity index (χ0) is 17.9. The molecule has 130 valence electrons. The first-order valence-corrected chi connectivity index (χ1v) is 9.38. The Kier molecular flexibility index (Phi) is 7.95. The average molecular weight is 350 g/mol. The van der Waals surface area contributed by atoms with Gasteiger partial charge in [0.15, 0.2) is 5.52 Å². The number of carbonyl (C=O) groups excluding carboxylic acids is 1. The molecule has 0 spiro atoms. The van der Waals surface area contributed by atoms with Gasteiger partial charge in [0, 0.05) is 5.56 Å². The molecule has 0 amide bonds. The summed E-state index contributed by atoms with van der Waals surface area (Å²) >= 11 is 0. The molecule has 25 heavy (non-hydrogen) atoms. The van der Waals surface area contributed by atoms with Gasteiger partial charge in [-0.3, -0.25) is 4.79 Å². The maximum absolute atomic E-state index is 12.7. The molecule has 0 aromatic heterocycles. The van der Waals surface area contributed by atoms with E-state index in [0.29, 0.717) is 6.61 Å². The van der Waals surface area contributed by atoms with Gasteiger partial charge in [-0.05, 0) is 68.9 Å². The predicted molar refractivity (Wildman–Crippen MR) is 112 cm³/mol. The molecule has 0 saturated heterocycles. The number of rotatable bonds is 5. The summed E-state index contributed by atoms with van der Waals surface area (Å²) in [6, 6.07) is 12.1. The van der Waals surface area contributed by atoms with Gasteiger partial charge in [0.2, 0.25) is 0 Å². The average Bonchev–Trinajstić information content (AvgIpc) is 2.50. The summed E-state index contributed by atoms with van der Waals surface area (Å²) in [5, 5.41) is 1.13. The van der Waals surface area contributed by atoms with Crippen LogP contribution in [0.4, 0.5) is 0 Å². The molecular formula is C21H28LiO2P. The Bertz CT molecular complexity index is 708. The van der Waals surface area contributed by atoms with E-state index in [9.17, 15) is 4.79 Å². The van der Waals surface area contributed by atoms with E-state index in [1.807, 2.05) is 45.0 Å². The third-order valence-corrected chi connectivity index (χ3v) is 5.62. The maximum atomic E-state index is 12.7. The first-order valence-electron chi connectivity index (χ1n) is 8.38. The second-order valence-electron chi connectivity index (χ2n) is 7.15. The van der Waals surface area contributed by atoms with E-state index in [0.717, 1.165) is 27.7 Å². The molecule has 0 aliphatic rings. The molecule has 2 aromatic carbocycles. The van der Waals surface area contributed by atoms with Crippen molar-refractivity contribution in [3.63, 3.8) is 0 Å². The van der Waals surface area contributed by atoms with E-state index >= 15 is 0 Å². The summed E-state index contributed by atoms with van der Waals surface area (Å²) in [6.07, 6.45) is 0. The Hall–Kier alpha value is -1.06. The van der Waals surface area contributed by atoms with Crippen LogP contribution in [0.3, 0.4) is 0 Å². The van der Waals surface area contributed by atoms with Crippen molar-refractivity contribution < 1.29 is 9.53 Å². The summed E-state index contributed by atoms with van der Waals surface area (Å²) in [5.41, 5.74) is 4.56. The van der Waals surface area contributed by atoms with E-state index in [-0.39, 0.29) is 38.4 Å². The molecular weight excluding hydrogens is 322 g/mol. The molecule has 0 fully saturated rings. The summed E-state index contributed by atoms with van der Waals surface area (Å²) in [5.74, 6) is 0.878. The van der Waals surface area contributed by atoms with Crippen molar-refractivity contribution in [3.05, 3.63) is 58.7 Å². The first-order chi connectivity index (χ1) is 11.2. The predicted octanol–water partition coefficient (Wildman–Crippen LogP) is 4.50. The van der Waals surface area contributed by atoms with Gasteiger partial charge in [-0.1, -0.05) is 45.0 Å². The summed E-state index contributed by atoms with van der Waals surface area (Å²) in [6.45, 7) is 13.3. The van der Waals surface area contributed by atoms with Crippen LogP contribution in [0.25, 0.3) is 0 Å². The molecule has 4 heteroatoms. The van der Waals surface area contributed by atoms with E-state index in [2.05, 4.69) is 32.9 Å². The van der Waals surface area contributed by atoms with Crippen molar-refractivity contribution in [1.82, 2.24) is 0 Å². The second-order valence-corrected chi connectivity index (χ2v) is 8.35. The van der Waals surface area contributed by atoms with E-state index in [4.69, 9.17) is 4.74 Å². The van der Waals surface area contributed by atoms with Gasteiger partial charge >= 0.3 is 18.9 Å². The Morgan fingerprint density at radius 3 is 2.00 bits per heavy atom. The van der Waals surface area contributed by atoms with E-state index in [1.54, 1.807) is 0 Å². The van der Waals surface area contributed by atoms with Crippen LogP contribution in [0.15, 0.2) is 36.4 Å². The van der Waals surface area contributed by atoms with E-state index < -0.39 is 0 Å². The molecule has 0 N–H and O–H groups in total. The standard InChI is InChI=1S/C21H27O2P.Li.H/c1-7-23-18-12-14(2)19(15(3)13-18)24-20(22)16-8-10-17(11-9-16)21(4,5)6;;/h8-13,24H,7H2,1-6H3;;. The van der Waals surface area contributed by atoms with Crippen molar-refractivity contribution in [2.45, 2.75) is 47.0 Å². The Balaban J connectivity index is 0.00000312. The van der Waals surface area contributed by atoms with Gasteiger partial charge in [-0.25, -0.2) is 0 Å². The number of hydrogen-bond donors (Lipinski definition) is 0. The van der Waals surface area contributed by atoms with Crippen molar-refractivity contribution in [3.8, 4) is 5.75 Å². The minimum absolute atomic E-state index is 0. The fraction of sp³-hybridized carbons (Fsp3) is 0.381. The van der Waals surface area contributed by atoms with Gasteiger partial charge in [0.05, 0.1) is 6.61 Å². The quantitative estimate of drug-likeness (QED) is 0.586. The second kappa shape index (κ2) is 9.04. The molecule has 0 aliphatic heterocycles. The summed E-state index contributed by atoms with van der Waals surface area (Å²) in [4.78, 5) is 12.7. The third-order valence-electron chi connectivity index (χ3n) is 4.07. The Morgan fingerprint density at radius 1 is 1.04 bits per heavy atom. The molecule has 2 aromatic rings. The van der Waals surface area contributed by atoms with Crippen molar-refractivity contribution >= 4 is 38.3 Å². The van der Waals surface area contributed by atoms with Gasteiger partial charge in [-0.2, -0.15) is 0 Å².